The summed E-state index contributed by atoms with van der Waals surface area (Å²) in [5.41, 5.74) is 3.27. The number of carbonyl (C=O) groups is 1. The number of benzene rings is 3. The summed E-state index contributed by atoms with van der Waals surface area (Å²) in [5.74, 6) is 0.606. The first-order chi connectivity index (χ1) is 16.8. The number of hydrogen-bond acceptors (Lipinski definition) is 7. The first kappa shape index (κ1) is 24.2. The van der Waals surface area contributed by atoms with E-state index in [1.807, 2.05) is 38.1 Å². The maximum absolute atomic E-state index is 12.4. The number of carbonyl (C=O) groups excluding carboxylic acids is 1. The fraction of sp³-hybridized carbons (Fsp3) is 0.154. The van der Waals surface area contributed by atoms with E-state index in [9.17, 15) is 14.9 Å². The smallest absolute Gasteiger partial charge is 0.363 e. The van der Waals surface area contributed by atoms with Gasteiger partial charge in [0.25, 0.3) is 5.69 Å². The number of ether oxygens (including phenoxy) is 3. The molecule has 178 valence electrons. The van der Waals surface area contributed by atoms with Gasteiger partial charge in [0.2, 0.25) is 5.90 Å². The molecule has 8 nitrogen and oxygen atoms in total. The van der Waals surface area contributed by atoms with Crippen molar-refractivity contribution in [2.24, 2.45) is 4.99 Å². The lowest BCUT2D eigenvalue weighted by molar-refractivity contribution is -0.384. The third-order valence-corrected chi connectivity index (χ3v) is 5.65. The van der Waals surface area contributed by atoms with Crippen LogP contribution in [0.4, 0.5) is 5.69 Å². The lowest BCUT2D eigenvalue weighted by Crippen LogP contribution is -2.05. The zero-order valence-corrected chi connectivity index (χ0v) is 20.6. The molecule has 35 heavy (non-hydrogen) atoms. The normalized spacial score (nSPS) is 14.0. The highest BCUT2D eigenvalue weighted by Crippen LogP contribution is 2.38. The number of esters is 1. The predicted molar refractivity (Wildman–Crippen MR) is 135 cm³/mol. The monoisotopic (exact) mass is 536 g/mol. The molecule has 0 aliphatic carbocycles. The third-order valence-electron chi connectivity index (χ3n) is 5.06. The highest BCUT2D eigenvalue weighted by Gasteiger charge is 2.24. The van der Waals surface area contributed by atoms with E-state index in [2.05, 4.69) is 20.9 Å². The number of cyclic esters (lactones) is 1. The van der Waals surface area contributed by atoms with Crippen LogP contribution in [0.1, 0.15) is 29.2 Å². The van der Waals surface area contributed by atoms with E-state index in [0.717, 1.165) is 5.56 Å². The van der Waals surface area contributed by atoms with Gasteiger partial charge in [0.15, 0.2) is 17.2 Å². The summed E-state index contributed by atoms with van der Waals surface area (Å²) in [5, 5.41) is 11.0. The Balaban J connectivity index is 1.59. The van der Waals surface area contributed by atoms with Crippen molar-refractivity contribution in [1.82, 2.24) is 0 Å². The van der Waals surface area contributed by atoms with Crippen LogP contribution in [0.3, 0.4) is 0 Å². The molecule has 0 amide bonds. The summed E-state index contributed by atoms with van der Waals surface area (Å²) in [4.78, 5) is 27.3. The first-order valence-corrected chi connectivity index (χ1v) is 11.6. The fourth-order valence-corrected chi connectivity index (χ4v) is 3.95. The molecular weight excluding hydrogens is 516 g/mol. The van der Waals surface area contributed by atoms with E-state index >= 15 is 0 Å². The Hall–Kier alpha value is -3.98. The van der Waals surface area contributed by atoms with E-state index < -0.39 is 10.9 Å². The molecule has 0 radical (unpaired) electrons. The second-order valence-electron chi connectivity index (χ2n) is 7.68. The molecule has 4 rings (SSSR count). The highest BCUT2D eigenvalue weighted by molar-refractivity contribution is 9.10. The summed E-state index contributed by atoms with van der Waals surface area (Å²) < 4.78 is 17.6. The van der Waals surface area contributed by atoms with Crippen LogP contribution in [0, 0.1) is 17.0 Å². The number of rotatable bonds is 8. The Morgan fingerprint density at radius 3 is 2.60 bits per heavy atom. The summed E-state index contributed by atoms with van der Waals surface area (Å²) in [6.45, 7) is 4.31. The number of aryl methyl sites for hydroxylation is 1. The molecule has 0 fully saturated rings. The molecule has 0 spiro atoms. The minimum Gasteiger partial charge on any atom is -0.490 e. The van der Waals surface area contributed by atoms with Gasteiger partial charge in [-0.3, -0.25) is 10.1 Å². The van der Waals surface area contributed by atoms with Crippen molar-refractivity contribution in [3.05, 3.63) is 103 Å². The van der Waals surface area contributed by atoms with E-state index in [4.69, 9.17) is 14.2 Å². The average Bonchev–Trinajstić information content (AvgIpc) is 3.19. The van der Waals surface area contributed by atoms with Crippen LogP contribution in [0.25, 0.3) is 6.08 Å². The van der Waals surface area contributed by atoms with Crippen LogP contribution in [-0.2, 0) is 16.1 Å². The van der Waals surface area contributed by atoms with Gasteiger partial charge in [-0.2, -0.15) is 0 Å². The van der Waals surface area contributed by atoms with Crippen molar-refractivity contribution in [2.45, 2.75) is 20.5 Å². The van der Waals surface area contributed by atoms with Crippen LogP contribution in [0.5, 0.6) is 11.5 Å². The zero-order valence-electron chi connectivity index (χ0n) is 19.0. The van der Waals surface area contributed by atoms with Gasteiger partial charge in [-0.05, 0) is 71.2 Å². The van der Waals surface area contributed by atoms with Crippen molar-refractivity contribution in [2.75, 3.05) is 6.61 Å². The van der Waals surface area contributed by atoms with Gasteiger partial charge in [0.1, 0.15) is 6.61 Å². The highest BCUT2D eigenvalue weighted by atomic mass is 79.9. The van der Waals surface area contributed by atoms with Crippen molar-refractivity contribution in [3.63, 3.8) is 0 Å². The van der Waals surface area contributed by atoms with Crippen LogP contribution < -0.4 is 9.47 Å². The predicted octanol–water partition coefficient (Wildman–Crippen LogP) is 5.99. The van der Waals surface area contributed by atoms with E-state index in [1.54, 1.807) is 30.3 Å². The number of halogens is 1. The SMILES string of the molecule is CCOc1cc(/C=C2\N=C(c3ccc(C)cc3)OC2=O)cc(Br)c1OCc1cccc([N+](=O)[O-])c1. The molecule has 1 aliphatic heterocycles. The summed E-state index contributed by atoms with van der Waals surface area (Å²) in [6.07, 6.45) is 1.61. The van der Waals surface area contributed by atoms with Gasteiger partial charge in [-0.15, -0.1) is 0 Å². The molecule has 0 unspecified atom stereocenters. The largest absolute Gasteiger partial charge is 0.490 e. The Kier molecular flexibility index (Phi) is 7.26. The molecule has 1 aliphatic rings. The molecule has 3 aromatic rings. The minimum absolute atomic E-state index is 0.00817. The topological polar surface area (TPSA) is 100 Å². The van der Waals surface area contributed by atoms with Crippen LogP contribution in [-0.4, -0.2) is 23.4 Å². The Labute approximate surface area is 210 Å². The van der Waals surface area contributed by atoms with E-state index in [-0.39, 0.29) is 23.9 Å². The maximum atomic E-state index is 12.4. The van der Waals surface area contributed by atoms with Gasteiger partial charge in [-0.25, -0.2) is 9.79 Å². The molecule has 9 heteroatoms. The summed E-state index contributed by atoms with van der Waals surface area (Å²) in [7, 11) is 0. The standard InChI is InChI=1S/C26H21BrN2O6/c1-3-33-23-14-18(13-22-26(30)35-25(28-22)19-9-7-16(2)8-10-19)12-21(27)24(23)34-15-17-5-4-6-20(11-17)29(31)32/h4-14H,3,15H2,1-2H3/b22-13-. The molecule has 3 aromatic carbocycles. The number of aliphatic imine (C=N–C) groups is 1. The van der Waals surface area contributed by atoms with Crippen LogP contribution in [0.15, 0.2) is 75.8 Å². The number of nitro groups is 1. The molecule has 0 saturated carbocycles. The molecule has 0 N–H and O–H groups in total. The van der Waals surface area contributed by atoms with Crippen molar-refractivity contribution < 1.29 is 23.9 Å². The Morgan fingerprint density at radius 2 is 1.89 bits per heavy atom. The Morgan fingerprint density at radius 1 is 1.11 bits per heavy atom. The number of nitrogens with zero attached hydrogens (tertiary/aromatic N) is 2. The van der Waals surface area contributed by atoms with Gasteiger partial charge in [0, 0.05) is 17.7 Å². The van der Waals surface area contributed by atoms with Crippen molar-refractivity contribution in [3.8, 4) is 11.5 Å². The van der Waals surface area contributed by atoms with Gasteiger partial charge >= 0.3 is 5.97 Å². The van der Waals surface area contributed by atoms with E-state index in [0.29, 0.717) is 39.3 Å². The van der Waals surface area contributed by atoms with E-state index in [1.165, 1.54) is 12.1 Å². The zero-order chi connectivity index (χ0) is 24.9. The quantitative estimate of drug-likeness (QED) is 0.152. The van der Waals surface area contributed by atoms with Crippen LogP contribution in [0.2, 0.25) is 0 Å². The molecule has 0 bridgehead atoms. The third kappa shape index (κ3) is 5.75. The molecule has 0 saturated heterocycles. The first-order valence-electron chi connectivity index (χ1n) is 10.8. The molecule has 1 heterocycles. The molecular formula is C26H21BrN2O6. The van der Waals surface area contributed by atoms with Gasteiger partial charge in [-0.1, -0.05) is 29.8 Å². The number of non-ortho nitro benzene ring substituents is 1. The Bertz CT molecular complexity index is 1350. The minimum atomic E-state index is -0.541. The van der Waals surface area contributed by atoms with Crippen LogP contribution >= 0.6 is 15.9 Å². The van der Waals surface area contributed by atoms with Gasteiger partial charge < -0.3 is 14.2 Å². The maximum Gasteiger partial charge on any atom is 0.363 e. The fourth-order valence-electron chi connectivity index (χ4n) is 3.38. The second kappa shape index (κ2) is 10.5. The summed E-state index contributed by atoms with van der Waals surface area (Å²) >= 11 is 3.50. The molecule has 0 atom stereocenters. The number of hydrogen-bond donors (Lipinski definition) is 0. The van der Waals surface area contributed by atoms with Gasteiger partial charge in [0.05, 0.1) is 16.0 Å². The lowest BCUT2D eigenvalue weighted by Gasteiger charge is -2.15. The van der Waals surface area contributed by atoms with Crippen molar-refractivity contribution in [1.29, 1.82) is 0 Å². The summed E-state index contributed by atoms with van der Waals surface area (Å²) in [6, 6.07) is 17.3. The average molecular weight is 537 g/mol. The second-order valence-corrected chi connectivity index (χ2v) is 8.54. The molecule has 0 aromatic heterocycles. The number of nitro benzene ring substituents is 1. The lowest BCUT2D eigenvalue weighted by atomic mass is 10.1. The van der Waals surface area contributed by atoms with Crippen molar-refractivity contribution >= 4 is 39.6 Å².